The van der Waals surface area contributed by atoms with Gasteiger partial charge in [-0.3, -0.25) is 9.36 Å². The number of hydrogen-bond acceptors (Lipinski definition) is 4. The molecule has 2 aliphatic rings. The number of aryl methyl sites for hydroxylation is 1. The van der Waals surface area contributed by atoms with Gasteiger partial charge in [-0.05, 0) is 73.4 Å². The number of fused-ring (bicyclic) bond motifs is 1. The van der Waals surface area contributed by atoms with Crippen LogP contribution in [0.4, 0.5) is 0 Å². The van der Waals surface area contributed by atoms with E-state index in [4.69, 9.17) is 0 Å². The van der Waals surface area contributed by atoms with E-state index in [0.717, 1.165) is 65.0 Å². The molecule has 3 aromatic rings. The maximum absolute atomic E-state index is 12.6. The molecule has 2 N–H and O–H groups in total. The molecule has 1 saturated carbocycles. The van der Waals surface area contributed by atoms with Crippen molar-refractivity contribution < 1.29 is 4.79 Å². The van der Waals surface area contributed by atoms with E-state index in [-0.39, 0.29) is 17.6 Å². The van der Waals surface area contributed by atoms with Crippen molar-refractivity contribution in [2.24, 2.45) is 0 Å². The molecule has 2 aromatic heterocycles. The number of aromatic amines is 1. The molecule has 0 spiro atoms. The van der Waals surface area contributed by atoms with Gasteiger partial charge in [-0.25, -0.2) is 9.78 Å². The standard InChI is InChI=1S/C22H24N4O2S/c1-13-2-3-14(21(27)24-16-4-5-16)10-18(13)15-11-19-20(23-12-15)26(22(28)25-19)17-6-8-29-9-7-17/h2-3,10-12,16-17H,4-9H2,1H3,(H,24,27)(H,25,28). The van der Waals surface area contributed by atoms with Gasteiger partial charge in [0.05, 0.1) is 5.52 Å². The predicted molar refractivity (Wildman–Crippen MR) is 117 cm³/mol. The molecule has 6 nitrogen and oxygen atoms in total. The van der Waals surface area contributed by atoms with E-state index >= 15 is 0 Å². The van der Waals surface area contributed by atoms with E-state index in [1.54, 1.807) is 0 Å². The molecule has 150 valence electrons. The molecule has 1 aliphatic heterocycles. The Morgan fingerprint density at radius 2 is 2.00 bits per heavy atom. The zero-order valence-corrected chi connectivity index (χ0v) is 17.2. The van der Waals surface area contributed by atoms with Crippen LogP contribution in [-0.4, -0.2) is 38.0 Å². The molecule has 0 radical (unpaired) electrons. The number of carbonyl (C=O) groups excluding carboxylic acids is 1. The maximum Gasteiger partial charge on any atom is 0.327 e. The first-order chi connectivity index (χ1) is 14.1. The van der Waals surface area contributed by atoms with Crippen LogP contribution in [0.1, 0.15) is 47.6 Å². The van der Waals surface area contributed by atoms with Crippen molar-refractivity contribution in [3.8, 4) is 11.1 Å². The van der Waals surface area contributed by atoms with Gasteiger partial charge < -0.3 is 10.3 Å². The second-order valence-corrected chi connectivity index (χ2v) is 9.24. The van der Waals surface area contributed by atoms with E-state index in [1.165, 1.54) is 0 Å². The number of nitrogens with one attached hydrogen (secondary N) is 2. The summed E-state index contributed by atoms with van der Waals surface area (Å²) in [6, 6.07) is 8.27. The molecule has 0 bridgehead atoms. The molecule has 2 fully saturated rings. The topological polar surface area (TPSA) is 79.8 Å². The van der Waals surface area contributed by atoms with E-state index < -0.39 is 0 Å². The average molecular weight is 409 g/mol. The highest BCUT2D eigenvalue weighted by Crippen LogP contribution is 2.30. The third-order valence-electron chi connectivity index (χ3n) is 5.83. The molecule has 5 rings (SSSR count). The molecule has 1 aliphatic carbocycles. The molecular weight excluding hydrogens is 384 g/mol. The van der Waals surface area contributed by atoms with Crippen LogP contribution in [0, 0.1) is 6.92 Å². The van der Waals surface area contributed by atoms with Gasteiger partial charge in [0.25, 0.3) is 5.91 Å². The zero-order chi connectivity index (χ0) is 20.0. The minimum absolute atomic E-state index is 0.0301. The van der Waals surface area contributed by atoms with E-state index in [1.807, 2.05) is 53.7 Å². The number of benzene rings is 1. The van der Waals surface area contributed by atoms with Gasteiger partial charge in [0.15, 0.2) is 5.65 Å². The molecule has 7 heteroatoms. The highest BCUT2D eigenvalue weighted by Gasteiger charge is 2.24. The van der Waals surface area contributed by atoms with Crippen LogP contribution in [0.2, 0.25) is 0 Å². The van der Waals surface area contributed by atoms with Gasteiger partial charge in [0, 0.05) is 29.4 Å². The predicted octanol–water partition coefficient (Wildman–Crippen LogP) is 3.66. The maximum atomic E-state index is 12.6. The minimum atomic E-state index is -0.0872. The number of hydrogen-bond donors (Lipinski definition) is 2. The van der Waals surface area contributed by atoms with Crippen LogP contribution in [0.3, 0.4) is 0 Å². The lowest BCUT2D eigenvalue weighted by molar-refractivity contribution is 0.0951. The normalized spacial score (nSPS) is 17.6. The number of imidazole rings is 1. The van der Waals surface area contributed by atoms with Crippen LogP contribution < -0.4 is 11.0 Å². The van der Waals surface area contributed by atoms with Crippen LogP contribution in [0.25, 0.3) is 22.3 Å². The fraction of sp³-hybridized carbons (Fsp3) is 0.409. The Balaban J connectivity index is 1.52. The van der Waals surface area contributed by atoms with Gasteiger partial charge in [-0.1, -0.05) is 6.07 Å². The summed E-state index contributed by atoms with van der Waals surface area (Å²) < 4.78 is 1.82. The molecule has 1 amide bonds. The molecule has 1 saturated heterocycles. The summed E-state index contributed by atoms with van der Waals surface area (Å²) in [5.41, 5.74) is 4.97. The van der Waals surface area contributed by atoms with Crippen molar-refractivity contribution in [3.05, 3.63) is 52.1 Å². The van der Waals surface area contributed by atoms with Crippen molar-refractivity contribution >= 4 is 28.8 Å². The Morgan fingerprint density at radius 1 is 1.21 bits per heavy atom. The van der Waals surface area contributed by atoms with Gasteiger partial charge in [0.1, 0.15) is 0 Å². The molecule has 0 unspecified atom stereocenters. The number of carbonyl (C=O) groups is 1. The SMILES string of the molecule is Cc1ccc(C(=O)NC2CC2)cc1-c1cnc2c(c1)[nH]c(=O)n2C1CCSCC1. The number of amides is 1. The van der Waals surface area contributed by atoms with Crippen molar-refractivity contribution in [1.29, 1.82) is 0 Å². The van der Waals surface area contributed by atoms with Crippen LogP contribution >= 0.6 is 11.8 Å². The monoisotopic (exact) mass is 408 g/mol. The third kappa shape index (κ3) is 3.59. The van der Waals surface area contributed by atoms with Gasteiger partial charge in [-0.15, -0.1) is 0 Å². The summed E-state index contributed by atoms with van der Waals surface area (Å²) >= 11 is 1.94. The summed E-state index contributed by atoms with van der Waals surface area (Å²) in [6.07, 6.45) is 5.94. The lowest BCUT2D eigenvalue weighted by atomic mass is 9.99. The summed E-state index contributed by atoms with van der Waals surface area (Å²) in [4.78, 5) is 32.7. The summed E-state index contributed by atoms with van der Waals surface area (Å²) in [5.74, 6) is 2.13. The Hall–Kier alpha value is -2.54. The van der Waals surface area contributed by atoms with Crippen molar-refractivity contribution in [1.82, 2.24) is 19.9 Å². The summed E-state index contributed by atoms with van der Waals surface area (Å²) in [6.45, 7) is 2.02. The number of rotatable bonds is 4. The summed E-state index contributed by atoms with van der Waals surface area (Å²) in [7, 11) is 0. The number of aromatic nitrogens is 3. The molecule has 0 atom stereocenters. The first kappa shape index (κ1) is 18.5. The van der Waals surface area contributed by atoms with Crippen LogP contribution in [0.5, 0.6) is 0 Å². The largest absolute Gasteiger partial charge is 0.349 e. The Kier molecular flexibility index (Phi) is 4.70. The van der Waals surface area contributed by atoms with Crippen LogP contribution in [0.15, 0.2) is 35.3 Å². The first-order valence-corrected chi connectivity index (χ1v) is 11.4. The molecular formula is C22H24N4O2S. The van der Waals surface area contributed by atoms with E-state index in [2.05, 4.69) is 15.3 Å². The van der Waals surface area contributed by atoms with Gasteiger partial charge in [0.2, 0.25) is 0 Å². The fourth-order valence-electron chi connectivity index (χ4n) is 4.01. The average Bonchev–Trinajstić information content (AvgIpc) is 3.48. The fourth-order valence-corrected chi connectivity index (χ4v) is 5.09. The van der Waals surface area contributed by atoms with Crippen molar-refractivity contribution in [3.63, 3.8) is 0 Å². The number of H-pyrrole nitrogens is 1. The molecule has 3 heterocycles. The summed E-state index contributed by atoms with van der Waals surface area (Å²) in [5, 5.41) is 3.04. The Bertz CT molecular complexity index is 1140. The molecule has 1 aromatic carbocycles. The number of thioether (sulfide) groups is 1. The number of pyridine rings is 1. The van der Waals surface area contributed by atoms with Crippen molar-refractivity contribution in [2.45, 2.75) is 44.7 Å². The van der Waals surface area contributed by atoms with E-state index in [9.17, 15) is 9.59 Å². The van der Waals surface area contributed by atoms with Gasteiger partial charge in [-0.2, -0.15) is 11.8 Å². The highest BCUT2D eigenvalue weighted by atomic mass is 32.2. The lowest BCUT2D eigenvalue weighted by Crippen LogP contribution is -2.25. The van der Waals surface area contributed by atoms with Crippen molar-refractivity contribution in [2.75, 3.05) is 11.5 Å². The minimum Gasteiger partial charge on any atom is -0.349 e. The molecule has 29 heavy (non-hydrogen) atoms. The highest BCUT2D eigenvalue weighted by molar-refractivity contribution is 7.99. The smallest absolute Gasteiger partial charge is 0.327 e. The zero-order valence-electron chi connectivity index (χ0n) is 16.4. The second kappa shape index (κ2) is 7.37. The lowest BCUT2D eigenvalue weighted by Gasteiger charge is -2.22. The van der Waals surface area contributed by atoms with E-state index in [0.29, 0.717) is 11.6 Å². The second-order valence-electron chi connectivity index (χ2n) is 8.02. The Morgan fingerprint density at radius 3 is 2.76 bits per heavy atom. The third-order valence-corrected chi connectivity index (χ3v) is 6.88. The van der Waals surface area contributed by atoms with Gasteiger partial charge >= 0.3 is 5.69 Å². The quantitative estimate of drug-likeness (QED) is 0.690. The first-order valence-electron chi connectivity index (χ1n) is 10.2. The Labute approximate surface area is 173 Å². The number of nitrogens with zero attached hydrogens (tertiary/aromatic N) is 2. The van der Waals surface area contributed by atoms with Crippen LogP contribution in [-0.2, 0) is 0 Å².